The molecule has 25 heavy (non-hydrogen) atoms. The molecule has 0 saturated carbocycles. The number of halogens is 1. The van der Waals surface area contributed by atoms with Crippen LogP contribution in [0, 0.1) is 0 Å². The van der Waals surface area contributed by atoms with Crippen LogP contribution in [0.1, 0.15) is 12.8 Å². The van der Waals surface area contributed by atoms with Crippen LogP contribution >= 0.6 is 15.9 Å². The molecule has 3 rings (SSSR count). The van der Waals surface area contributed by atoms with Gasteiger partial charge < -0.3 is 0 Å². The first-order chi connectivity index (χ1) is 11.8. The number of hydrogen-bond acceptors (Lipinski definition) is 4. The highest BCUT2D eigenvalue weighted by atomic mass is 79.9. The predicted molar refractivity (Wildman–Crippen MR) is 99.4 cm³/mol. The van der Waals surface area contributed by atoms with Crippen molar-refractivity contribution >= 4 is 41.7 Å². The van der Waals surface area contributed by atoms with Gasteiger partial charge in [0.25, 0.3) is 10.0 Å². The second-order valence-corrected chi connectivity index (χ2v) is 10.1. The van der Waals surface area contributed by atoms with E-state index in [2.05, 4.69) is 20.7 Å². The van der Waals surface area contributed by atoms with E-state index in [1.54, 1.807) is 24.3 Å². The summed E-state index contributed by atoms with van der Waals surface area (Å²) in [4.78, 5) is 0.109. The van der Waals surface area contributed by atoms with Crippen molar-refractivity contribution < 1.29 is 16.8 Å². The predicted octanol–water partition coefficient (Wildman–Crippen LogP) is 3.03. The lowest BCUT2D eigenvalue weighted by molar-refractivity contribution is 0.477. The number of nitrogens with one attached hydrogen (secondary N) is 1. The lowest BCUT2D eigenvalue weighted by atomic mass is 10.3. The molecule has 0 amide bonds. The smallest absolute Gasteiger partial charge is 0.261 e. The highest BCUT2D eigenvalue weighted by Gasteiger charge is 2.27. The van der Waals surface area contributed by atoms with Crippen molar-refractivity contribution in [2.45, 2.75) is 22.6 Å². The molecule has 1 saturated heterocycles. The molecule has 1 heterocycles. The number of hydrogen-bond donors (Lipinski definition) is 1. The van der Waals surface area contributed by atoms with Gasteiger partial charge >= 0.3 is 0 Å². The Morgan fingerprint density at radius 2 is 1.40 bits per heavy atom. The third kappa shape index (κ3) is 3.89. The number of benzene rings is 2. The third-order valence-corrected chi connectivity index (χ3v) is 7.94. The van der Waals surface area contributed by atoms with Crippen molar-refractivity contribution in [1.82, 2.24) is 4.31 Å². The molecule has 0 aliphatic carbocycles. The van der Waals surface area contributed by atoms with Crippen molar-refractivity contribution in [2.75, 3.05) is 17.8 Å². The van der Waals surface area contributed by atoms with Gasteiger partial charge in [-0.1, -0.05) is 12.1 Å². The van der Waals surface area contributed by atoms with Gasteiger partial charge in [0.2, 0.25) is 10.0 Å². The van der Waals surface area contributed by atoms with E-state index in [0.29, 0.717) is 23.2 Å². The van der Waals surface area contributed by atoms with Gasteiger partial charge in [-0.25, -0.2) is 16.8 Å². The van der Waals surface area contributed by atoms with E-state index in [9.17, 15) is 16.8 Å². The molecular weight excluding hydrogens is 428 g/mol. The number of sulfonamides is 2. The average Bonchev–Trinajstić information content (AvgIpc) is 3.12. The van der Waals surface area contributed by atoms with Crippen molar-refractivity contribution in [3.05, 3.63) is 53.0 Å². The van der Waals surface area contributed by atoms with Crippen LogP contribution in [0.15, 0.2) is 62.8 Å². The van der Waals surface area contributed by atoms with Crippen LogP contribution < -0.4 is 4.72 Å². The van der Waals surface area contributed by atoms with Crippen LogP contribution in [0.25, 0.3) is 0 Å². The number of nitrogens with zero attached hydrogens (tertiary/aromatic N) is 1. The number of rotatable bonds is 5. The van der Waals surface area contributed by atoms with Crippen LogP contribution in [-0.4, -0.2) is 34.2 Å². The first-order valence-corrected chi connectivity index (χ1v) is 11.4. The van der Waals surface area contributed by atoms with Crippen molar-refractivity contribution in [3.63, 3.8) is 0 Å². The Balaban J connectivity index is 1.85. The zero-order chi connectivity index (χ0) is 18.1. The van der Waals surface area contributed by atoms with Crippen molar-refractivity contribution in [3.8, 4) is 0 Å². The second kappa shape index (κ2) is 7.06. The maximum atomic E-state index is 12.5. The lowest BCUT2D eigenvalue weighted by Gasteiger charge is -2.16. The molecule has 1 N–H and O–H groups in total. The van der Waals surface area contributed by atoms with Crippen LogP contribution in [0.4, 0.5) is 5.69 Å². The Labute approximate surface area is 156 Å². The molecule has 2 aromatic carbocycles. The topological polar surface area (TPSA) is 83.5 Å². The Morgan fingerprint density at radius 3 is 2.00 bits per heavy atom. The monoisotopic (exact) mass is 444 g/mol. The molecule has 1 fully saturated rings. The SMILES string of the molecule is O=S(=O)(Nc1ccccc1Br)c1ccc(S(=O)(=O)N2CCCC2)cc1. The fraction of sp³-hybridized carbons (Fsp3) is 0.250. The lowest BCUT2D eigenvalue weighted by Crippen LogP contribution is -2.27. The van der Waals surface area contributed by atoms with E-state index in [1.807, 2.05) is 0 Å². The summed E-state index contributed by atoms with van der Waals surface area (Å²) in [5, 5.41) is 0. The molecule has 6 nitrogen and oxygen atoms in total. The summed E-state index contributed by atoms with van der Waals surface area (Å²) in [5.41, 5.74) is 0.413. The average molecular weight is 445 g/mol. The summed E-state index contributed by atoms with van der Waals surface area (Å²) < 4.78 is 54.5. The van der Waals surface area contributed by atoms with E-state index >= 15 is 0 Å². The molecule has 1 aliphatic heterocycles. The minimum atomic E-state index is -3.81. The summed E-state index contributed by atoms with van der Waals surface area (Å²) in [7, 11) is -7.36. The summed E-state index contributed by atoms with van der Waals surface area (Å²) in [6.45, 7) is 1.01. The Morgan fingerprint density at radius 1 is 0.840 bits per heavy atom. The molecule has 0 radical (unpaired) electrons. The second-order valence-electron chi connectivity index (χ2n) is 5.67. The van der Waals surface area contributed by atoms with Crippen LogP contribution in [0.2, 0.25) is 0 Å². The molecule has 1 aliphatic rings. The minimum absolute atomic E-state index is 0.00336. The van der Waals surface area contributed by atoms with E-state index in [0.717, 1.165) is 12.8 Å². The van der Waals surface area contributed by atoms with Gasteiger partial charge in [-0.15, -0.1) is 0 Å². The minimum Gasteiger partial charge on any atom is -0.278 e. The molecule has 0 bridgehead atoms. The zero-order valence-electron chi connectivity index (χ0n) is 13.2. The zero-order valence-corrected chi connectivity index (χ0v) is 16.4. The van der Waals surface area contributed by atoms with Gasteiger partial charge in [0.05, 0.1) is 15.5 Å². The number of para-hydroxylation sites is 1. The maximum Gasteiger partial charge on any atom is 0.261 e. The number of anilines is 1. The van der Waals surface area contributed by atoms with Crippen LogP contribution in [-0.2, 0) is 20.0 Å². The third-order valence-electron chi connectivity index (χ3n) is 3.96. The first-order valence-electron chi connectivity index (χ1n) is 7.68. The Kier molecular flexibility index (Phi) is 5.19. The first kappa shape index (κ1) is 18.4. The molecule has 0 unspecified atom stereocenters. The molecule has 2 aromatic rings. The van der Waals surface area contributed by atoms with Gasteiger partial charge in [-0.05, 0) is 65.2 Å². The molecule has 134 valence electrons. The van der Waals surface area contributed by atoms with Gasteiger partial charge in [-0.2, -0.15) is 4.31 Å². The quantitative estimate of drug-likeness (QED) is 0.767. The highest BCUT2D eigenvalue weighted by Crippen LogP contribution is 2.26. The molecular formula is C16H17BrN2O4S2. The van der Waals surface area contributed by atoms with Crippen LogP contribution in [0.5, 0.6) is 0 Å². The van der Waals surface area contributed by atoms with E-state index < -0.39 is 20.0 Å². The Hall–Kier alpha value is -1.42. The van der Waals surface area contributed by atoms with E-state index in [4.69, 9.17) is 0 Å². The molecule has 0 atom stereocenters. The van der Waals surface area contributed by atoms with Crippen LogP contribution in [0.3, 0.4) is 0 Å². The van der Waals surface area contributed by atoms with Gasteiger partial charge in [0.15, 0.2) is 0 Å². The Bertz CT molecular complexity index is 967. The fourth-order valence-electron chi connectivity index (χ4n) is 2.62. The molecule has 9 heteroatoms. The summed E-state index contributed by atoms with van der Waals surface area (Å²) in [6, 6.07) is 12.1. The standard InChI is InChI=1S/C16H17BrN2O4S2/c17-15-5-1-2-6-16(15)18-24(20,21)13-7-9-14(10-8-13)25(22,23)19-11-3-4-12-19/h1-2,5-10,18H,3-4,11-12H2. The highest BCUT2D eigenvalue weighted by molar-refractivity contribution is 9.10. The summed E-state index contributed by atoms with van der Waals surface area (Å²) >= 11 is 3.29. The normalized spacial score (nSPS) is 16.0. The van der Waals surface area contributed by atoms with Gasteiger partial charge in [0, 0.05) is 17.6 Å². The maximum absolute atomic E-state index is 12.5. The van der Waals surface area contributed by atoms with Gasteiger partial charge in [-0.3, -0.25) is 4.72 Å². The van der Waals surface area contributed by atoms with Crippen molar-refractivity contribution in [2.24, 2.45) is 0 Å². The van der Waals surface area contributed by atoms with Gasteiger partial charge in [0.1, 0.15) is 0 Å². The fourth-order valence-corrected chi connectivity index (χ4v) is 5.73. The van der Waals surface area contributed by atoms with E-state index in [-0.39, 0.29) is 9.79 Å². The molecule has 0 aromatic heterocycles. The van der Waals surface area contributed by atoms with Crippen molar-refractivity contribution in [1.29, 1.82) is 0 Å². The largest absolute Gasteiger partial charge is 0.278 e. The summed E-state index contributed by atoms with van der Waals surface area (Å²) in [5.74, 6) is 0. The molecule has 0 spiro atoms. The summed E-state index contributed by atoms with van der Waals surface area (Å²) in [6.07, 6.45) is 1.70. The van der Waals surface area contributed by atoms with E-state index in [1.165, 1.54) is 28.6 Å².